The summed E-state index contributed by atoms with van der Waals surface area (Å²) in [5.41, 5.74) is 5.48. The first kappa shape index (κ1) is 11.9. The maximum Gasteiger partial charge on any atom is 0.0430 e. The SMILES string of the molecule is Cc1cccc(-c2cccc3c4c(sc23)CCC=C4)c1. The van der Waals surface area contributed by atoms with Crippen LogP contribution in [0.3, 0.4) is 0 Å². The van der Waals surface area contributed by atoms with E-state index in [-0.39, 0.29) is 0 Å². The summed E-state index contributed by atoms with van der Waals surface area (Å²) in [6, 6.07) is 15.5. The molecule has 1 heterocycles. The number of thiophene rings is 1. The molecule has 1 heteroatoms. The van der Waals surface area contributed by atoms with E-state index in [0.29, 0.717) is 0 Å². The first-order chi connectivity index (χ1) is 9.83. The minimum absolute atomic E-state index is 1.18. The lowest BCUT2D eigenvalue weighted by Gasteiger charge is -2.05. The second kappa shape index (κ2) is 4.60. The van der Waals surface area contributed by atoms with Gasteiger partial charge in [0.25, 0.3) is 0 Å². The predicted molar refractivity (Wildman–Crippen MR) is 89.4 cm³/mol. The number of hydrogen-bond acceptors (Lipinski definition) is 1. The van der Waals surface area contributed by atoms with Gasteiger partial charge in [-0.3, -0.25) is 0 Å². The number of hydrogen-bond donors (Lipinski definition) is 0. The molecule has 2 aromatic carbocycles. The molecular formula is C19H16S. The highest BCUT2D eigenvalue weighted by Gasteiger charge is 2.15. The third-order valence-corrected chi connectivity index (χ3v) is 5.30. The number of rotatable bonds is 1. The number of allylic oxidation sites excluding steroid dienone is 1. The van der Waals surface area contributed by atoms with Crippen LogP contribution in [-0.2, 0) is 6.42 Å². The zero-order valence-corrected chi connectivity index (χ0v) is 12.3. The highest BCUT2D eigenvalue weighted by atomic mass is 32.1. The summed E-state index contributed by atoms with van der Waals surface area (Å²) in [5, 5.41) is 1.42. The summed E-state index contributed by atoms with van der Waals surface area (Å²) in [5.74, 6) is 0. The van der Waals surface area contributed by atoms with Crippen LogP contribution in [0.1, 0.15) is 22.4 Å². The van der Waals surface area contributed by atoms with Crippen LogP contribution in [0.15, 0.2) is 48.5 Å². The second-order valence-electron chi connectivity index (χ2n) is 5.43. The molecule has 0 aliphatic heterocycles. The monoisotopic (exact) mass is 276 g/mol. The fourth-order valence-electron chi connectivity index (χ4n) is 3.01. The van der Waals surface area contributed by atoms with Crippen LogP contribution >= 0.6 is 11.3 Å². The maximum absolute atomic E-state index is 2.30. The third kappa shape index (κ3) is 1.82. The smallest absolute Gasteiger partial charge is 0.0430 e. The molecule has 0 radical (unpaired) electrons. The summed E-state index contributed by atoms with van der Waals surface area (Å²) in [7, 11) is 0. The van der Waals surface area contributed by atoms with Gasteiger partial charge in [0.15, 0.2) is 0 Å². The first-order valence-electron chi connectivity index (χ1n) is 7.11. The number of benzene rings is 2. The van der Waals surface area contributed by atoms with Gasteiger partial charge in [-0.1, -0.05) is 60.2 Å². The minimum atomic E-state index is 1.18. The summed E-state index contributed by atoms with van der Waals surface area (Å²) in [6.45, 7) is 2.16. The molecule has 0 saturated heterocycles. The van der Waals surface area contributed by atoms with E-state index in [1.165, 1.54) is 45.2 Å². The molecule has 1 aliphatic rings. The van der Waals surface area contributed by atoms with Gasteiger partial charge in [0, 0.05) is 15.0 Å². The van der Waals surface area contributed by atoms with Crippen molar-refractivity contribution in [2.75, 3.05) is 0 Å². The van der Waals surface area contributed by atoms with Crippen molar-refractivity contribution in [2.45, 2.75) is 19.8 Å². The van der Waals surface area contributed by atoms with Gasteiger partial charge in [0.2, 0.25) is 0 Å². The molecule has 1 aliphatic carbocycles. The van der Waals surface area contributed by atoms with Gasteiger partial charge in [-0.05, 0) is 36.5 Å². The Balaban J connectivity index is 2.01. The lowest BCUT2D eigenvalue weighted by atomic mass is 9.98. The summed E-state index contributed by atoms with van der Waals surface area (Å²) >= 11 is 1.98. The Morgan fingerprint density at radius 3 is 2.85 bits per heavy atom. The fraction of sp³-hybridized carbons (Fsp3) is 0.158. The molecule has 0 unspecified atom stereocenters. The van der Waals surface area contributed by atoms with E-state index in [1.54, 1.807) is 4.88 Å². The van der Waals surface area contributed by atoms with Crippen LogP contribution in [-0.4, -0.2) is 0 Å². The molecule has 0 amide bonds. The zero-order chi connectivity index (χ0) is 13.5. The van der Waals surface area contributed by atoms with Crippen LogP contribution in [0.5, 0.6) is 0 Å². The quantitative estimate of drug-likeness (QED) is 0.524. The molecule has 0 fully saturated rings. The standard InChI is InChI=1S/C19H16S/c1-13-6-4-7-14(12-13)15-9-5-10-17-16-8-2-3-11-18(16)20-19(15)17/h2,4-10,12H,3,11H2,1H3. The summed E-state index contributed by atoms with van der Waals surface area (Å²) in [4.78, 5) is 1.54. The molecular weight excluding hydrogens is 260 g/mol. The van der Waals surface area contributed by atoms with Crippen molar-refractivity contribution in [2.24, 2.45) is 0 Å². The van der Waals surface area contributed by atoms with Gasteiger partial charge in [0.1, 0.15) is 0 Å². The van der Waals surface area contributed by atoms with Crippen LogP contribution in [0.25, 0.3) is 27.3 Å². The minimum Gasteiger partial charge on any atom is -0.139 e. The van der Waals surface area contributed by atoms with Gasteiger partial charge in [0.05, 0.1) is 0 Å². The van der Waals surface area contributed by atoms with Gasteiger partial charge in [-0.2, -0.15) is 0 Å². The largest absolute Gasteiger partial charge is 0.139 e. The Bertz CT molecular complexity index is 821. The Hall–Kier alpha value is -1.86. The molecule has 1 aromatic heterocycles. The molecule has 0 nitrogen and oxygen atoms in total. The van der Waals surface area contributed by atoms with Gasteiger partial charge < -0.3 is 0 Å². The van der Waals surface area contributed by atoms with Crippen molar-refractivity contribution in [1.29, 1.82) is 0 Å². The molecule has 0 bridgehead atoms. The van der Waals surface area contributed by atoms with Gasteiger partial charge in [-0.15, -0.1) is 11.3 Å². The summed E-state index contributed by atoms with van der Waals surface area (Å²) in [6.07, 6.45) is 6.98. The molecule has 98 valence electrons. The van der Waals surface area contributed by atoms with E-state index in [9.17, 15) is 0 Å². The van der Waals surface area contributed by atoms with Crippen LogP contribution < -0.4 is 0 Å². The molecule has 4 rings (SSSR count). The Morgan fingerprint density at radius 2 is 1.95 bits per heavy atom. The average molecular weight is 276 g/mol. The molecule has 0 N–H and O–H groups in total. The molecule has 0 spiro atoms. The van der Waals surface area contributed by atoms with E-state index in [4.69, 9.17) is 0 Å². The van der Waals surface area contributed by atoms with Crippen LogP contribution in [0.4, 0.5) is 0 Å². The van der Waals surface area contributed by atoms with Crippen molar-refractivity contribution in [3.63, 3.8) is 0 Å². The van der Waals surface area contributed by atoms with Crippen molar-refractivity contribution < 1.29 is 0 Å². The maximum atomic E-state index is 2.30. The van der Waals surface area contributed by atoms with E-state index in [1.807, 2.05) is 11.3 Å². The molecule has 20 heavy (non-hydrogen) atoms. The number of aryl methyl sites for hydroxylation is 2. The third-order valence-electron chi connectivity index (χ3n) is 3.98. The van der Waals surface area contributed by atoms with E-state index < -0.39 is 0 Å². The summed E-state index contributed by atoms with van der Waals surface area (Å²) < 4.78 is 1.44. The van der Waals surface area contributed by atoms with Crippen molar-refractivity contribution >= 4 is 27.5 Å². The lowest BCUT2D eigenvalue weighted by Crippen LogP contribution is -1.86. The Kier molecular flexibility index (Phi) is 2.75. The van der Waals surface area contributed by atoms with Crippen LogP contribution in [0.2, 0.25) is 0 Å². The van der Waals surface area contributed by atoms with Gasteiger partial charge in [-0.25, -0.2) is 0 Å². The first-order valence-corrected chi connectivity index (χ1v) is 7.92. The predicted octanol–water partition coefficient (Wildman–Crippen LogP) is 5.84. The van der Waals surface area contributed by atoms with Crippen LogP contribution in [0, 0.1) is 6.92 Å². The highest BCUT2D eigenvalue weighted by molar-refractivity contribution is 7.20. The zero-order valence-electron chi connectivity index (χ0n) is 11.5. The van der Waals surface area contributed by atoms with E-state index in [0.717, 1.165) is 0 Å². The Labute approximate surface area is 123 Å². The number of fused-ring (bicyclic) bond motifs is 3. The average Bonchev–Trinajstić information content (AvgIpc) is 2.86. The normalized spacial score (nSPS) is 13.7. The molecule has 0 saturated carbocycles. The second-order valence-corrected chi connectivity index (χ2v) is 6.54. The van der Waals surface area contributed by atoms with Crippen molar-refractivity contribution in [1.82, 2.24) is 0 Å². The highest BCUT2D eigenvalue weighted by Crippen LogP contribution is 2.40. The van der Waals surface area contributed by atoms with Crippen molar-refractivity contribution in [3.05, 3.63) is 64.5 Å². The molecule has 3 aromatic rings. The lowest BCUT2D eigenvalue weighted by molar-refractivity contribution is 1.02. The van der Waals surface area contributed by atoms with Crippen molar-refractivity contribution in [3.8, 4) is 11.1 Å². The topological polar surface area (TPSA) is 0 Å². The fourth-order valence-corrected chi connectivity index (χ4v) is 4.35. The van der Waals surface area contributed by atoms with E-state index >= 15 is 0 Å². The Morgan fingerprint density at radius 1 is 1.05 bits per heavy atom. The molecule has 0 atom stereocenters. The van der Waals surface area contributed by atoms with E-state index in [2.05, 4.69) is 61.5 Å². The van der Waals surface area contributed by atoms with Gasteiger partial charge >= 0.3 is 0 Å².